The Hall–Kier alpha value is -4.84. The van der Waals surface area contributed by atoms with Crippen molar-refractivity contribution < 1.29 is 19.1 Å². The SMILES string of the molecule is Cc1cc2c(c(C3=CCN(C(=O)OCc4ccccc4)CC3)c1)Oc1ccccc1N(Cc1ccccc1)C2=O. The van der Waals surface area contributed by atoms with E-state index in [1.165, 1.54) is 0 Å². The smallest absolute Gasteiger partial charge is 0.410 e. The van der Waals surface area contributed by atoms with Crippen LogP contribution < -0.4 is 9.64 Å². The van der Waals surface area contributed by atoms with Crippen LogP contribution in [-0.4, -0.2) is 30.0 Å². The number of anilines is 1. The lowest BCUT2D eigenvalue weighted by molar-refractivity contribution is 0.0983. The maximum Gasteiger partial charge on any atom is 0.410 e. The molecule has 0 aliphatic carbocycles. The van der Waals surface area contributed by atoms with Crippen LogP contribution in [0.4, 0.5) is 10.5 Å². The van der Waals surface area contributed by atoms with Gasteiger partial charge in [-0.25, -0.2) is 4.79 Å². The minimum Gasteiger partial charge on any atom is -0.454 e. The van der Waals surface area contributed by atoms with E-state index in [0.29, 0.717) is 43.1 Å². The molecule has 0 saturated carbocycles. The molecule has 0 atom stereocenters. The number of para-hydroxylation sites is 2. The highest BCUT2D eigenvalue weighted by Gasteiger charge is 2.31. The Kier molecular flexibility index (Phi) is 7.06. The second kappa shape index (κ2) is 11.1. The number of amides is 2. The number of ether oxygens (including phenoxy) is 2. The van der Waals surface area contributed by atoms with Gasteiger partial charge in [-0.1, -0.05) is 78.9 Å². The van der Waals surface area contributed by atoms with Gasteiger partial charge in [0.15, 0.2) is 5.75 Å². The van der Waals surface area contributed by atoms with Crippen molar-refractivity contribution in [1.29, 1.82) is 0 Å². The molecule has 6 nitrogen and oxygen atoms in total. The minimum absolute atomic E-state index is 0.101. The summed E-state index contributed by atoms with van der Waals surface area (Å²) in [6.45, 7) is 3.62. The third-order valence-corrected chi connectivity index (χ3v) is 7.28. The monoisotopic (exact) mass is 530 g/mol. The number of nitrogens with zero attached hydrogens (tertiary/aromatic N) is 2. The van der Waals surface area contributed by atoms with Crippen molar-refractivity contribution in [2.75, 3.05) is 18.0 Å². The van der Waals surface area contributed by atoms with Gasteiger partial charge in [0.25, 0.3) is 5.91 Å². The van der Waals surface area contributed by atoms with Crippen molar-refractivity contribution in [3.8, 4) is 11.5 Å². The summed E-state index contributed by atoms with van der Waals surface area (Å²) in [7, 11) is 0. The average Bonchev–Trinajstić information content (AvgIpc) is 3.11. The van der Waals surface area contributed by atoms with Crippen molar-refractivity contribution in [3.05, 3.63) is 131 Å². The van der Waals surface area contributed by atoms with Crippen molar-refractivity contribution in [2.24, 2.45) is 0 Å². The van der Waals surface area contributed by atoms with Crippen LogP contribution in [0.1, 0.15) is 39.0 Å². The van der Waals surface area contributed by atoms with Crippen LogP contribution in [0.5, 0.6) is 11.5 Å². The van der Waals surface area contributed by atoms with Gasteiger partial charge < -0.3 is 19.3 Å². The molecule has 4 aromatic carbocycles. The molecule has 2 aliphatic rings. The van der Waals surface area contributed by atoms with Gasteiger partial charge in [0.1, 0.15) is 12.4 Å². The van der Waals surface area contributed by atoms with E-state index in [4.69, 9.17) is 9.47 Å². The summed E-state index contributed by atoms with van der Waals surface area (Å²) in [6, 6.07) is 31.3. The quantitative estimate of drug-likeness (QED) is 0.270. The van der Waals surface area contributed by atoms with Crippen molar-refractivity contribution in [2.45, 2.75) is 26.5 Å². The van der Waals surface area contributed by atoms with Crippen molar-refractivity contribution >= 4 is 23.3 Å². The van der Waals surface area contributed by atoms with Gasteiger partial charge in [-0.15, -0.1) is 0 Å². The molecule has 200 valence electrons. The Morgan fingerprint density at radius 1 is 0.875 bits per heavy atom. The standard InChI is InChI=1S/C34H30N2O4/c1-24-20-28(27-16-18-35(19-17-27)34(38)39-23-26-12-6-3-7-13-26)32-29(21-24)33(37)36(22-25-10-4-2-5-11-25)30-14-8-9-15-31(30)40-32/h2-16,20-21H,17-19,22-23H2,1H3. The maximum atomic E-state index is 14.1. The fraction of sp³-hybridized carbons (Fsp3) is 0.176. The van der Waals surface area contributed by atoms with E-state index in [0.717, 1.165) is 33.5 Å². The van der Waals surface area contributed by atoms with Gasteiger partial charge >= 0.3 is 6.09 Å². The largest absolute Gasteiger partial charge is 0.454 e. The molecule has 0 bridgehead atoms. The van der Waals surface area contributed by atoms with E-state index in [1.807, 2.05) is 104 Å². The van der Waals surface area contributed by atoms with E-state index >= 15 is 0 Å². The highest BCUT2D eigenvalue weighted by atomic mass is 16.6. The number of fused-ring (bicyclic) bond motifs is 2. The van der Waals surface area contributed by atoms with Gasteiger partial charge in [0.05, 0.1) is 17.8 Å². The second-order valence-corrected chi connectivity index (χ2v) is 10.1. The van der Waals surface area contributed by atoms with Gasteiger partial charge in [-0.05, 0) is 59.9 Å². The molecule has 2 aliphatic heterocycles. The number of hydrogen-bond acceptors (Lipinski definition) is 4. The number of rotatable bonds is 5. The molecule has 0 radical (unpaired) electrons. The molecule has 0 unspecified atom stereocenters. The summed E-state index contributed by atoms with van der Waals surface area (Å²) < 4.78 is 12.1. The lowest BCUT2D eigenvalue weighted by Crippen LogP contribution is -2.35. The molecular formula is C34H30N2O4. The highest BCUT2D eigenvalue weighted by molar-refractivity contribution is 6.10. The van der Waals surface area contributed by atoms with E-state index in [-0.39, 0.29) is 18.6 Å². The molecule has 2 amide bonds. The Bertz CT molecular complexity index is 1580. The average molecular weight is 531 g/mol. The summed E-state index contributed by atoms with van der Waals surface area (Å²) in [5.74, 6) is 1.10. The highest BCUT2D eigenvalue weighted by Crippen LogP contribution is 2.44. The molecule has 4 aromatic rings. The van der Waals surface area contributed by atoms with E-state index < -0.39 is 0 Å². The maximum absolute atomic E-state index is 14.1. The summed E-state index contributed by atoms with van der Waals surface area (Å²) >= 11 is 0. The number of benzene rings is 4. The Labute approximate surface area is 234 Å². The zero-order chi connectivity index (χ0) is 27.5. The van der Waals surface area contributed by atoms with Crippen LogP contribution in [-0.2, 0) is 17.9 Å². The van der Waals surface area contributed by atoms with E-state index in [1.54, 1.807) is 9.80 Å². The van der Waals surface area contributed by atoms with Crippen LogP contribution in [0.2, 0.25) is 0 Å². The summed E-state index contributed by atoms with van der Waals surface area (Å²) in [5, 5.41) is 0. The number of carbonyl (C=O) groups is 2. The number of carbonyl (C=O) groups excluding carboxylic acids is 2. The number of aryl methyl sites for hydroxylation is 1. The van der Waals surface area contributed by atoms with Crippen LogP contribution in [0.3, 0.4) is 0 Å². The summed E-state index contributed by atoms with van der Waals surface area (Å²) in [6.07, 6.45) is 2.33. The summed E-state index contributed by atoms with van der Waals surface area (Å²) in [4.78, 5) is 30.3. The van der Waals surface area contributed by atoms with Crippen LogP contribution in [0.25, 0.3) is 5.57 Å². The topological polar surface area (TPSA) is 59.1 Å². The van der Waals surface area contributed by atoms with Gasteiger partial charge in [-0.2, -0.15) is 0 Å². The van der Waals surface area contributed by atoms with Gasteiger partial charge in [-0.3, -0.25) is 4.79 Å². The second-order valence-electron chi connectivity index (χ2n) is 10.1. The first kappa shape index (κ1) is 25.4. The Balaban J connectivity index is 1.29. The molecule has 0 aromatic heterocycles. The predicted octanol–water partition coefficient (Wildman–Crippen LogP) is 7.37. The molecule has 6 rings (SSSR count). The lowest BCUT2D eigenvalue weighted by Gasteiger charge is -2.27. The zero-order valence-corrected chi connectivity index (χ0v) is 22.4. The Morgan fingerprint density at radius 3 is 2.27 bits per heavy atom. The molecule has 6 heteroatoms. The normalized spacial score (nSPS) is 14.4. The molecule has 0 saturated heterocycles. The molecule has 0 spiro atoms. The van der Waals surface area contributed by atoms with E-state index in [9.17, 15) is 9.59 Å². The van der Waals surface area contributed by atoms with Gasteiger partial charge in [0.2, 0.25) is 0 Å². The molecule has 40 heavy (non-hydrogen) atoms. The third kappa shape index (κ3) is 5.21. The first-order chi connectivity index (χ1) is 19.6. The summed E-state index contributed by atoms with van der Waals surface area (Å²) in [5.41, 5.74) is 6.17. The number of hydrogen-bond donors (Lipinski definition) is 0. The molecular weight excluding hydrogens is 500 g/mol. The predicted molar refractivity (Wildman–Crippen MR) is 155 cm³/mol. The Morgan fingerprint density at radius 2 is 1.55 bits per heavy atom. The van der Waals surface area contributed by atoms with Crippen LogP contribution in [0.15, 0.2) is 103 Å². The molecule has 0 fully saturated rings. The van der Waals surface area contributed by atoms with Crippen molar-refractivity contribution in [3.63, 3.8) is 0 Å². The van der Waals surface area contributed by atoms with Crippen LogP contribution in [0, 0.1) is 6.92 Å². The fourth-order valence-electron chi connectivity index (χ4n) is 5.22. The molecule has 2 heterocycles. The zero-order valence-electron chi connectivity index (χ0n) is 22.4. The first-order valence-corrected chi connectivity index (χ1v) is 13.5. The lowest BCUT2D eigenvalue weighted by atomic mass is 9.94. The third-order valence-electron chi connectivity index (χ3n) is 7.28. The minimum atomic E-state index is -0.334. The van der Waals surface area contributed by atoms with E-state index in [2.05, 4.69) is 6.07 Å². The first-order valence-electron chi connectivity index (χ1n) is 13.5. The van der Waals surface area contributed by atoms with Gasteiger partial charge in [0, 0.05) is 18.7 Å². The molecule has 0 N–H and O–H groups in total. The van der Waals surface area contributed by atoms with Crippen LogP contribution >= 0.6 is 0 Å². The van der Waals surface area contributed by atoms with Crippen molar-refractivity contribution in [1.82, 2.24) is 4.90 Å². The fourth-order valence-corrected chi connectivity index (χ4v) is 5.22.